The molecule has 0 radical (unpaired) electrons. The van der Waals surface area contributed by atoms with Crippen molar-refractivity contribution >= 4 is 23.2 Å². The van der Waals surface area contributed by atoms with Gasteiger partial charge in [0.2, 0.25) is 0 Å². The Balaban J connectivity index is 1.75. The first-order valence-electron chi connectivity index (χ1n) is 9.59. The van der Waals surface area contributed by atoms with Crippen LogP contribution in [0.25, 0.3) is 22.0 Å². The standard InChI is InChI=1S/C22H22N2O4/c25-13-20-18-12-15(7-8-19(18)23-24-20)17-11-14(6-10-22(26)27)5-9-21(17)28-16-3-1-2-4-16/h5,7-9,11-13,16H,1-4,6,10H2,(H,23,24)(H,26,27). The first-order valence-corrected chi connectivity index (χ1v) is 9.59. The highest BCUT2D eigenvalue weighted by Crippen LogP contribution is 2.36. The van der Waals surface area contributed by atoms with E-state index in [1.165, 1.54) is 12.8 Å². The van der Waals surface area contributed by atoms with Gasteiger partial charge in [0.15, 0.2) is 6.29 Å². The van der Waals surface area contributed by atoms with E-state index in [9.17, 15) is 9.59 Å². The summed E-state index contributed by atoms with van der Waals surface area (Å²) in [4.78, 5) is 22.2. The lowest BCUT2D eigenvalue weighted by molar-refractivity contribution is -0.136. The third kappa shape index (κ3) is 3.76. The minimum absolute atomic E-state index is 0.0817. The largest absolute Gasteiger partial charge is 0.490 e. The number of ether oxygens (including phenoxy) is 1. The van der Waals surface area contributed by atoms with Gasteiger partial charge < -0.3 is 9.84 Å². The molecule has 2 N–H and O–H groups in total. The average Bonchev–Trinajstić information content (AvgIpc) is 3.36. The second-order valence-corrected chi connectivity index (χ2v) is 7.24. The summed E-state index contributed by atoms with van der Waals surface area (Å²) in [5.74, 6) is -0.0234. The summed E-state index contributed by atoms with van der Waals surface area (Å²) in [5.41, 5.74) is 3.94. The third-order valence-corrected chi connectivity index (χ3v) is 5.28. The molecule has 0 bridgehead atoms. The summed E-state index contributed by atoms with van der Waals surface area (Å²) in [5, 5.41) is 16.6. The highest BCUT2D eigenvalue weighted by atomic mass is 16.5. The van der Waals surface area contributed by atoms with E-state index >= 15 is 0 Å². The maximum Gasteiger partial charge on any atom is 0.303 e. The maximum atomic E-state index is 11.3. The van der Waals surface area contributed by atoms with Crippen LogP contribution >= 0.6 is 0 Å². The van der Waals surface area contributed by atoms with Gasteiger partial charge in [0, 0.05) is 17.4 Å². The van der Waals surface area contributed by atoms with Crippen LogP contribution in [0.4, 0.5) is 0 Å². The van der Waals surface area contributed by atoms with Gasteiger partial charge in [-0.15, -0.1) is 0 Å². The molecule has 28 heavy (non-hydrogen) atoms. The Kier molecular flexibility index (Phi) is 5.10. The molecule has 1 aliphatic rings. The summed E-state index contributed by atoms with van der Waals surface area (Å²) in [6.45, 7) is 0. The van der Waals surface area contributed by atoms with E-state index in [1.807, 2.05) is 36.4 Å². The van der Waals surface area contributed by atoms with Gasteiger partial charge in [-0.25, -0.2) is 0 Å². The van der Waals surface area contributed by atoms with E-state index in [0.717, 1.165) is 52.5 Å². The Labute approximate surface area is 162 Å². The highest BCUT2D eigenvalue weighted by Gasteiger charge is 2.19. The number of carboxylic acid groups (broad SMARTS) is 1. The number of nitrogens with one attached hydrogen (secondary N) is 1. The molecule has 0 amide bonds. The van der Waals surface area contributed by atoms with Gasteiger partial charge in [-0.2, -0.15) is 5.10 Å². The number of aromatic amines is 1. The molecule has 0 aliphatic heterocycles. The molecular formula is C22H22N2O4. The Bertz CT molecular complexity index is 1020. The van der Waals surface area contributed by atoms with Gasteiger partial charge in [0.25, 0.3) is 0 Å². The minimum Gasteiger partial charge on any atom is -0.490 e. The van der Waals surface area contributed by atoms with Crippen LogP contribution < -0.4 is 4.74 Å². The van der Waals surface area contributed by atoms with E-state index < -0.39 is 5.97 Å². The van der Waals surface area contributed by atoms with Crippen LogP contribution in [0.3, 0.4) is 0 Å². The monoisotopic (exact) mass is 378 g/mol. The molecule has 6 nitrogen and oxygen atoms in total. The topological polar surface area (TPSA) is 92.3 Å². The summed E-state index contributed by atoms with van der Waals surface area (Å²) in [6.07, 6.45) is 5.98. The Morgan fingerprint density at radius 1 is 1.21 bits per heavy atom. The molecule has 2 aromatic carbocycles. The van der Waals surface area contributed by atoms with Crippen molar-refractivity contribution < 1.29 is 19.4 Å². The number of aromatic nitrogens is 2. The number of carboxylic acids is 1. The Hall–Kier alpha value is -3.15. The first-order chi connectivity index (χ1) is 13.6. The van der Waals surface area contributed by atoms with Crippen molar-refractivity contribution in [1.29, 1.82) is 0 Å². The zero-order valence-electron chi connectivity index (χ0n) is 15.5. The minimum atomic E-state index is -0.816. The Morgan fingerprint density at radius 2 is 2.04 bits per heavy atom. The number of hydrogen-bond acceptors (Lipinski definition) is 4. The SMILES string of the molecule is O=Cc1[nH]nc2ccc(-c3cc(CCC(=O)O)ccc3OC3CCCC3)cc12. The van der Waals surface area contributed by atoms with Crippen LogP contribution in [0.5, 0.6) is 5.75 Å². The molecule has 4 rings (SSSR count). The maximum absolute atomic E-state index is 11.3. The van der Waals surface area contributed by atoms with Crippen molar-refractivity contribution in [3.05, 3.63) is 47.7 Å². The van der Waals surface area contributed by atoms with Crippen LogP contribution in [0.15, 0.2) is 36.4 Å². The lowest BCUT2D eigenvalue weighted by Gasteiger charge is -2.18. The summed E-state index contributed by atoms with van der Waals surface area (Å²) in [6, 6.07) is 11.6. The smallest absolute Gasteiger partial charge is 0.303 e. The first kappa shape index (κ1) is 18.2. The lowest BCUT2D eigenvalue weighted by atomic mass is 9.98. The van der Waals surface area contributed by atoms with Crippen LogP contribution in [-0.4, -0.2) is 33.7 Å². The number of carbonyl (C=O) groups is 2. The normalized spacial score (nSPS) is 14.4. The fourth-order valence-corrected chi connectivity index (χ4v) is 3.79. The van der Waals surface area contributed by atoms with Crippen LogP contribution in [0.1, 0.15) is 48.2 Å². The molecule has 0 saturated heterocycles. The van der Waals surface area contributed by atoms with Crippen molar-refractivity contribution in [2.75, 3.05) is 0 Å². The molecule has 0 atom stereocenters. The molecule has 0 spiro atoms. The van der Waals surface area contributed by atoms with E-state index in [1.54, 1.807) is 0 Å². The zero-order chi connectivity index (χ0) is 19.5. The van der Waals surface area contributed by atoms with Crippen molar-refractivity contribution in [3.8, 4) is 16.9 Å². The van der Waals surface area contributed by atoms with E-state index in [0.29, 0.717) is 12.1 Å². The Morgan fingerprint density at radius 3 is 2.79 bits per heavy atom. The number of hydrogen-bond donors (Lipinski definition) is 2. The number of fused-ring (bicyclic) bond motifs is 1. The molecule has 1 fully saturated rings. The van der Waals surface area contributed by atoms with Gasteiger partial charge in [0.1, 0.15) is 11.4 Å². The fraction of sp³-hybridized carbons (Fsp3) is 0.318. The van der Waals surface area contributed by atoms with Crippen LogP contribution in [0.2, 0.25) is 0 Å². The zero-order valence-corrected chi connectivity index (χ0v) is 15.5. The van der Waals surface area contributed by atoms with Crippen molar-refractivity contribution in [1.82, 2.24) is 10.2 Å². The third-order valence-electron chi connectivity index (χ3n) is 5.28. The molecule has 3 aromatic rings. The van der Waals surface area contributed by atoms with Gasteiger partial charge in [0.05, 0.1) is 11.6 Å². The molecular weight excluding hydrogens is 356 g/mol. The molecule has 1 heterocycles. The average molecular weight is 378 g/mol. The molecule has 6 heteroatoms. The van der Waals surface area contributed by atoms with Gasteiger partial charge in [-0.05, 0) is 67.5 Å². The number of aliphatic carboxylic acids is 1. The van der Waals surface area contributed by atoms with E-state index in [4.69, 9.17) is 9.84 Å². The van der Waals surface area contributed by atoms with Gasteiger partial charge >= 0.3 is 5.97 Å². The van der Waals surface area contributed by atoms with Crippen LogP contribution in [-0.2, 0) is 11.2 Å². The van der Waals surface area contributed by atoms with Gasteiger partial charge in [-0.1, -0.05) is 12.1 Å². The van der Waals surface area contributed by atoms with Crippen LogP contribution in [0, 0.1) is 0 Å². The predicted octanol–water partition coefficient (Wildman–Crippen LogP) is 4.38. The number of rotatable bonds is 7. The summed E-state index contributed by atoms with van der Waals surface area (Å²) >= 11 is 0. The van der Waals surface area contributed by atoms with Crippen molar-refractivity contribution in [2.24, 2.45) is 0 Å². The second kappa shape index (κ2) is 7.84. The van der Waals surface area contributed by atoms with E-state index in [2.05, 4.69) is 10.2 Å². The number of H-pyrrole nitrogens is 1. The second-order valence-electron chi connectivity index (χ2n) is 7.24. The lowest BCUT2D eigenvalue weighted by Crippen LogP contribution is -2.11. The predicted molar refractivity (Wildman–Crippen MR) is 106 cm³/mol. The summed E-state index contributed by atoms with van der Waals surface area (Å²) in [7, 11) is 0. The number of aldehydes is 1. The molecule has 1 saturated carbocycles. The molecule has 1 aromatic heterocycles. The fourth-order valence-electron chi connectivity index (χ4n) is 3.79. The highest BCUT2D eigenvalue weighted by molar-refractivity contribution is 5.97. The molecule has 144 valence electrons. The number of carbonyl (C=O) groups excluding carboxylic acids is 1. The number of benzene rings is 2. The van der Waals surface area contributed by atoms with Crippen molar-refractivity contribution in [3.63, 3.8) is 0 Å². The van der Waals surface area contributed by atoms with Gasteiger partial charge in [-0.3, -0.25) is 14.7 Å². The van der Waals surface area contributed by atoms with E-state index in [-0.39, 0.29) is 12.5 Å². The number of aryl methyl sites for hydroxylation is 1. The molecule has 1 aliphatic carbocycles. The number of nitrogens with zero attached hydrogens (tertiary/aromatic N) is 1. The summed E-state index contributed by atoms with van der Waals surface area (Å²) < 4.78 is 6.28. The van der Waals surface area contributed by atoms with Crippen molar-refractivity contribution in [2.45, 2.75) is 44.6 Å². The molecule has 0 unspecified atom stereocenters. The quantitative estimate of drug-likeness (QED) is 0.595.